The SMILES string of the molecule is Br.CC(N)=Nc1ccc(-c2ccc(-c3ccccc3)s2)cc1. The first-order valence-corrected chi connectivity index (χ1v) is 7.60. The lowest BCUT2D eigenvalue weighted by molar-refractivity contribution is 1.45. The minimum Gasteiger partial charge on any atom is -0.387 e. The van der Waals surface area contributed by atoms with Gasteiger partial charge in [0.2, 0.25) is 0 Å². The van der Waals surface area contributed by atoms with Gasteiger partial charge < -0.3 is 5.73 Å². The zero-order valence-corrected chi connectivity index (χ0v) is 14.7. The van der Waals surface area contributed by atoms with Crippen LogP contribution in [-0.4, -0.2) is 5.84 Å². The fourth-order valence-corrected chi connectivity index (χ4v) is 3.17. The molecule has 0 spiro atoms. The molecule has 1 aromatic heterocycles. The highest BCUT2D eigenvalue weighted by Crippen LogP contribution is 2.34. The van der Waals surface area contributed by atoms with Crippen molar-refractivity contribution in [3.8, 4) is 20.9 Å². The molecule has 4 heteroatoms. The van der Waals surface area contributed by atoms with E-state index in [9.17, 15) is 0 Å². The van der Waals surface area contributed by atoms with Gasteiger partial charge in [0.15, 0.2) is 0 Å². The topological polar surface area (TPSA) is 38.4 Å². The maximum Gasteiger partial charge on any atom is 0.0964 e. The molecule has 0 aliphatic rings. The summed E-state index contributed by atoms with van der Waals surface area (Å²) in [5, 5.41) is 0. The van der Waals surface area contributed by atoms with Gasteiger partial charge in [-0.1, -0.05) is 42.5 Å². The van der Waals surface area contributed by atoms with Crippen LogP contribution in [0.4, 0.5) is 5.69 Å². The molecule has 2 aromatic carbocycles. The van der Waals surface area contributed by atoms with E-state index in [2.05, 4.69) is 53.5 Å². The van der Waals surface area contributed by atoms with E-state index in [1.54, 1.807) is 18.3 Å². The molecule has 0 saturated heterocycles. The molecule has 3 aromatic rings. The predicted octanol–water partition coefficient (Wildman–Crippen LogP) is 5.67. The van der Waals surface area contributed by atoms with Gasteiger partial charge in [-0.05, 0) is 42.3 Å². The van der Waals surface area contributed by atoms with Crippen molar-refractivity contribution in [3.05, 3.63) is 66.7 Å². The Morgan fingerprint density at radius 3 is 1.91 bits per heavy atom. The van der Waals surface area contributed by atoms with Crippen molar-refractivity contribution >= 4 is 39.8 Å². The van der Waals surface area contributed by atoms with Crippen LogP contribution in [0.3, 0.4) is 0 Å². The van der Waals surface area contributed by atoms with Crippen LogP contribution in [0.5, 0.6) is 0 Å². The van der Waals surface area contributed by atoms with E-state index in [0.717, 1.165) is 5.69 Å². The van der Waals surface area contributed by atoms with Gasteiger partial charge in [-0.25, -0.2) is 4.99 Å². The van der Waals surface area contributed by atoms with Crippen molar-refractivity contribution in [1.29, 1.82) is 0 Å². The summed E-state index contributed by atoms with van der Waals surface area (Å²) in [6, 6.07) is 22.9. The van der Waals surface area contributed by atoms with Crippen LogP contribution in [0.15, 0.2) is 71.7 Å². The zero-order valence-electron chi connectivity index (χ0n) is 12.2. The number of nitrogens with zero attached hydrogens (tertiary/aromatic N) is 1. The molecule has 0 radical (unpaired) electrons. The molecular weight excluding hydrogens is 356 g/mol. The van der Waals surface area contributed by atoms with Gasteiger partial charge in [-0.15, -0.1) is 28.3 Å². The Bertz CT molecular complexity index is 757. The first-order valence-electron chi connectivity index (χ1n) is 6.79. The van der Waals surface area contributed by atoms with Crippen molar-refractivity contribution in [3.63, 3.8) is 0 Å². The number of nitrogens with two attached hydrogens (primary N) is 1. The Kier molecular flexibility index (Phi) is 5.52. The predicted molar refractivity (Wildman–Crippen MR) is 102 cm³/mol. The highest BCUT2D eigenvalue weighted by molar-refractivity contribution is 8.93. The first kappa shape index (κ1) is 16.5. The molecule has 3 rings (SSSR count). The number of hydrogen-bond donors (Lipinski definition) is 1. The Morgan fingerprint density at radius 2 is 1.36 bits per heavy atom. The lowest BCUT2D eigenvalue weighted by Crippen LogP contribution is -2.03. The van der Waals surface area contributed by atoms with Gasteiger partial charge in [0.25, 0.3) is 0 Å². The van der Waals surface area contributed by atoms with E-state index in [-0.39, 0.29) is 17.0 Å². The van der Waals surface area contributed by atoms with Gasteiger partial charge >= 0.3 is 0 Å². The van der Waals surface area contributed by atoms with Crippen LogP contribution in [-0.2, 0) is 0 Å². The van der Waals surface area contributed by atoms with Crippen LogP contribution in [0.2, 0.25) is 0 Å². The number of rotatable bonds is 3. The Labute approximate surface area is 145 Å². The maximum atomic E-state index is 5.59. The zero-order chi connectivity index (χ0) is 14.7. The second-order valence-corrected chi connectivity index (χ2v) is 5.91. The minimum atomic E-state index is 0. The Balaban J connectivity index is 0.00000176. The number of aliphatic imine (C=N–C) groups is 1. The van der Waals surface area contributed by atoms with Gasteiger partial charge in [0.05, 0.1) is 11.5 Å². The van der Waals surface area contributed by atoms with Crippen molar-refractivity contribution in [2.45, 2.75) is 6.92 Å². The first-order chi connectivity index (χ1) is 10.2. The van der Waals surface area contributed by atoms with Crippen LogP contribution < -0.4 is 5.73 Å². The van der Waals surface area contributed by atoms with E-state index < -0.39 is 0 Å². The van der Waals surface area contributed by atoms with Crippen molar-refractivity contribution in [2.75, 3.05) is 0 Å². The third-order valence-corrected chi connectivity index (χ3v) is 4.30. The summed E-state index contributed by atoms with van der Waals surface area (Å²) < 4.78 is 0. The summed E-state index contributed by atoms with van der Waals surface area (Å²) >= 11 is 1.80. The van der Waals surface area contributed by atoms with Crippen molar-refractivity contribution < 1.29 is 0 Å². The third kappa shape index (κ3) is 3.84. The molecular formula is C18H17BrN2S. The maximum absolute atomic E-state index is 5.59. The minimum absolute atomic E-state index is 0. The van der Waals surface area contributed by atoms with E-state index in [1.165, 1.54) is 20.9 Å². The quantitative estimate of drug-likeness (QED) is 0.466. The monoisotopic (exact) mass is 372 g/mol. The van der Waals surface area contributed by atoms with Crippen molar-refractivity contribution in [2.24, 2.45) is 10.7 Å². The second-order valence-electron chi connectivity index (χ2n) is 4.83. The van der Waals surface area contributed by atoms with Crippen LogP contribution >= 0.6 is 28.3 Å². The summed E-state index contributed by atoms with van der Waals surface area (Å²) in [7, 11) is 0. The number of hydrogen-bond acceptors (Lipinski definition) is 2. The number of halogens is 1. The molecule has 0 bridgehead atoms. The molecule has 0 unspecified atom stereocenters. The summed E-state index contributed by atoms with van der Waals surface area (Å²) in [6.45, 7) is 1.79. The Hall–Kier alpha value is -1.91. The van der Waals surface area contributed by atoms with Gasteiger partial charge in [-0.3, -0.25) is 0 Å². The van der Waals surface area contributed by atoms with Gasteiger partial charge in [-0.2, -0.15) is 0 Å². The molecule has 0 aliphatic carbocycles. The summed E-state index contributed by atoms with van der Waals surface area (Å²) in [4.78, 5) is 6.79. The normalized spacial score (nSPS) is 11.0. The fraction of sp³-hybridized carbons (Fsp3) is 0.0556. The standard InChI is InChI=1S/C18H16N2S.BrH/c1-13(19)20-16-9-7-15(8-10-16)18-12-11-17(21-18)14-5-3-2-4-6-14;/h2-12H,1H3,(H2,19,20);1H. The molecule has 22 heavy (non-hydrogen) atoms. The largest absolute Gasteiger partial charge is 0.387 e. The third-order valence-electron chi connectivity index (χ3n) is 3.12. The highest BCUT2D eigenvalue weighted by atomic mass is 79.9. The van der Waals surface area contributed by atoms with Crippen molar-refractivity contribution in [1.82, 2.24) is 0 Å². The number of benzene rings is 2. The lowest BCUT2D eigenvalue weighted by Gasteiger charge is -1.99. The second kappa shape index (κ2) is 7.38. The average molecular weight is 373 g/mol. The molecule has 2 N–H and O–H groups in total. The van der Waals surface area contributed by atoms with Crippen LogP contribution in [0.1, 0.15) is 6.92 Å². The van der Waals surface area contributed by atoms with Crippen LogP contribution in [0, 0.1) is 0 Å². The van der Waals surface area contributed by atoms with Crippen LogP contribution in [0.25, 0.3) is 20.9 Å². The summed E-state index contributed by atoms with van der Waals surface area (Å²) in [5.74, 6) is 0.574. The molecule has 0 aliphatic heterocycles. The summed E-state index contributed by atoms with van der Waals surface area (Å²) in [5.41, 5.74) is 8.94. The number of thiophene rings is 1. The molecule has 0 saturated carbocycles. The highest BCUT2D eigenvalue weighted by Gasteiger charge is 2.04. The van der Waals surface area contributed by atoms with E-state index >= 15 is 0 Å². The van der Waals surface area contributed by atoms with E-state index in [1.807, 2.05) is 18.2 Å². The van der Waals surface area contributed by atoms with Gasteiger partial charge in [0.1, 0.15) is 0 Å². The smallest absolute Gasteiger partial charge is 0.0964 e. The Morgan fingerprint density at radius 1 is 0.818 bits per heavy atom. The molecule has 0 fully saturated rings. The molecule has 1 heterocycles. The molecule has 0 atom stereocenters. The lowest BCUT2D eigenvalue weighted by atomic mass is 10.1. The fourth-order valence-electron chi connectivity index (χ4n) is 2.15. The molecule has 2 nitrogen and oxygen atoms in total. The molecule has 0 amide bonds. The van der Waals surface area contributed by atoms with Gasteiger partial charge in [0, 0.05) is 9.75 Å². The van der Waals surface area contributed by atoms with E-state index in [4.69, 9.17) is 5.73 Å². The average Bonchev–Trinajstić information content (AvgIpc) is 2.98. The summed E-state index contributed by atoms with van der Waals surface area (Å²) in [6.07, 6.45) is 0. The number of amidine groups is 1. The molecule has 112 valence electrons. The van der Waals surface area contributed by atoms with E-state index in [0.29, 0.717) is 5.84 Å².